The number of para-hydroxylation sites is 1. The van der Waals surface area contributed by atoms with Crippen molar-refractivity contribution in [3.8, 4) is 22.9 Å². The summed E-state index contributed by atoms with van der Waals surface area (Å²) in [4.78, 5) is 43.9. The van der Waals surface area contributed by atoms with Crippen LogP contribution in [0.25, 0.3) is 11.4 Å². The third-order valence-electron chi connectivity index (χ3n) is 7.26. The van der Waals surface area contributed by atoms with Crippen LogP contribution in [0.2, 0.25) is 10.0 Å². The van der Waals surface area contributed by atoms with Crippen LogP contribution >= 0.6 is 23.2 Å². The molecule has 57 heavy (non-hydrogen) atoms. The first kappa shape index (κ1) is 43.3. The van der Waals surface area contributed by atoms with Crippen molar-refractivity contribution < 1.29 is 50.4 Å². The predicted octanol–water partition coefficient (Wildman–Crippen LogP) is 5.21. The summed E-state index contributed by atoms with van der Waals surface area (Å²) in [6, 6.07) is 17.9. The number of aryl methyl sites for hydroxylation is 2. The Morgan fingerprint density at radius 2 is 1.12 bits per heavy atom. The Bertz CT molecular complexity index is 2820. The summed E-state index contributed by atoms with van der Waals surface area (Å²) in [5.41, 5.74) is -3.37. The van der Waals surface area contributed by atoms with Crippen LogP contribution in [0.15, 0.2) is 114 Å². The van der Waals surface area contributed by atoms with Gasteiger partial charge in [-0.1, -0.05) is 61.3 Å². The van der Waals surface area contributed by atoms with Gasteiger partial charge in [0.05, 0.1) is 26.1 Å². The molecule has 0 aliphatic rings. The molecule has 1 radical (unpaired) electrons. The fourth-order valence-electron chi connectivity index (χ4n) is 4.66. The van der Waals surface area contributed by atoms with E-state index in [1.54, 1.807) is 55.5 Å². The second-order valence-electron chi connectivity index (χ2n) is 11.0. The largest absolute Gasteiger partial charge is 3.00 e. The van der Waals surface area contributed by atoms with E-state index in [0.29, 0.717) is 34.2 Å². The van der Waals surface area contributed by atoms with E-state index in [9.17, 15) is 53.0 Å². The summed E-state index contributed by atoms with van der Waals surface area (Å²) < 4.78 is 35.8. The van der Waals surface area contributed by atoms with Gasteiger partial charge in [-0.15, -0.1) is 21.6 Å². The van der Waals surface area contributed by atoms with Gasteiger partial charge in [0.15, 0.2) is 0 Å². The van der Waals surface area contributed by atoms with E-state index in [1.807, 2.05) is 0 Å². The van der Waals surface area contributed by atoms with E-state index in [4.69, 9.17) is 23.2 Å². The SMILES string of the molecule is Cc1[n-]n(-c2cccc(Cl)c2)c(=O)c1N=Nc1cc(S(=O)(=O)[O-])cc([N+](=O)[O-])c1[O-].Cc1[n-]n(-c2ccccc2)c(=O)c1N=Nc1cc(Cl)cc([N+](=O)[O-])c1[O-].[Cr+3]. The van der Waals surface area contributed by atoms with Gasteiger partial charge in [-0.05, 0) is 42.5 Å². The van der Waals surface area contributed by atoms with Gasteiger partial charge in [0.2, 0.25) is 0 Å². The maximum Gasteiger partial charge on any atom is 3.00 e. The third kappa shape index (κ3) is 9.67. The molecular formula is C32H19Cl2CrN10O11S-2. The molecule has 0 aliphatic carbocycles. The van der Waals surface area contributed by atoms with Gasteiger partial charge in [0, 0.05) is 45.1 Å². The minimum absolute atomic E-state index is 0. The molecule has 0 bridgehead atoms. The van der Waals surface area contributed by atoms with E-state index in [1.165, 1.54) is 13.0 Å². The van der Waals surface area contributed by atoms with E-state index in [0.717, 1.165) is 21.5 Å². The van der Waals surface area contributed by atoms with Crippen LogP contribution in [-0.4, -0.2) is 32.2 Å². The number of hydrogen-bond acceptors (Lipinski definition) is 15. The minimum Gasteiger partial charge on any atom is -0.866 e. The van der Waals surface area contributed by atoms with Gasteiger partial charge in [-0.2, -0.15) is 10.2 Å². The van der Waals surface area contributed by atoms with Crippen molar-refractivity contribution in [2.45, 2.75) is 18.7 Å². The number of nitro groups is 2. The van der Waals surface area contributed by atoms with Crippen LogP contribution in [0.1, 0.15) is 11.4 Å². The number of aromatic nitrogens is 4. The summed E-state index contributed by atoms with van der Waals surface area (Å²) in [6.07, 6.45) is 0. The minimum atomic E-state index is -5.12. The van der Waals surface area contributed by atoms with Crippen LogP contribution in [-0.2, 0) is 27.5 Å². The Balaban J connectivity index is 0.000000251. The molecule has 0 aliphatic heterocycles. The number of hydrogen-bond donors (Lipinski definition) is 0. The molecular weight excluding hydrogens is 855 g/mol. The van der Waals surface area contributed by atoms with E-state index < -0.39 is 64.5 Å². The molecule has 0 fully saturated rings. The van der Waals surface area contributed by atoms with Crippen LogP contribution in [0.4, 0.5) is 34.1 Å². The van der Waals surface area contributed by atoms with Crippen LogP contribution in [0, 0.1) is 34.1 Å². The zero-order valence-corrected chi connectivity index (χ0v) is 32.1. The molecule has 0 N–H and O–H groups in total. The van der Waals surface area contributed by atoms with Crippen molar-refractivity contribution in [3.05, 3.63) is 141 Å². The zero-order chi connectivity index (χ0) is 41.1. The molecule has 2 aromatic heterocycles. The molecule has 0 saturated heterocycles. The van der Waals surface area contributed by atoms with Gasteiger partial charge in [0.1, 0.15) is 21.5 Å². The summed E-state index contributed by atoms with van der Waals surface area (Å²) in [6.45, 7) is 2.99. The second-order valence-corrected chi connectivity index (χ2v) is 13.3. The Morgan fingerprint density at radius 1 is 0.649 bits per heavy atom. The molecule has 6 aromatic rings. The summed E-state index contributed by atoms with van der Waals surface area (Å²) in [7, 11) is -5.12. The van der Waals surface area contributed by atoms with Crippen molar-refractivity contribution in [3.63, 3.8) is 0 Å². The molecule has 2 heterocycles. The second kappa shape index (κ2) is 17.5. The molecule has 0 spiro atoms. The average Bonchev–Trinajstić information content (AvgIpc) is 3.59. The molecule has 0 saturated carbocycles. The Labute approximate surface area is 339 Å². The normalized spacial score (nSPS) is 11.3. The first-order chi connectivity index (χ1) is 26.4. The average molecular weight is 875 g/mol. The number of halogens is 2. The van der Waals surface area contributed by atoms with E-state index in [2.05, 4.69) is 30.7 Å². The monoisotopic (exact) mass is 873 g/mol. The predicted molar refractivity (Wildman–Crippen MR) is 192 cm³/mol. The van der Waals surface area contributed by atoms with Gasteiger partial charge in [-0.25, -0.2) is 8.42 Å². The quantitative estimate of drug-likeness (QED) is 0.0780. The van der Waals surface area contributed by atoms with Crippen molar-refractivity contribution >= 4 is 67.4 Å². The summed E-state index contributed by atoms with van der Waals surface area (Å²) >= 11 is 11.7. The maximum atomic E-state index is 12.6. The first-order valence-corrected chi connectivity index (χ1v) is 17.3. The Hall–Kier alpha value is -6.48. The van der Waals surface area contributed by atoms with Crippen molar-refractivity contribution in [2.24, 2.45) is 20.5 Å². The van der Waals surface area contributed by atoms with Gasteiger partial charge < -0.3 is 34.3 Å². The number of benzene rings is 4. The molecule has 6 rings (SSSR count). The van der Waals surface area contributed by atoms with Gasteiger partial charge in [0.25, 0.3) is 22.5 Å². The first-order valence-electron chi connectivity index (χ1n) is 15.2. The fraction of sp³-hybridized carbons (Fsp3) is 0.0625. The molecule has 0 atom stereocenters. The van der Waals surface area contributed by atoms with E-state index in [-0.39, 0.29) is 45.1 Å². The smallest absolute Gasteiger partial charge is 0.866 e. The van der Waals surface area contributed by atoms with Crippen molar-refractivity contribution in [1.29, 1.82) is 0 Å². The Morgan fingerprint density at radius 3 is 1.61 bits per heavy atom. The number of nitro benzene ring substituents is 2. The standard InChI is InChI=1S/C16H12ClN5O7S.C16H12ClN5O4.Cr/c1-8-14(16(24)21(20-8)10-4-2-3-9(17)5-10)19-18-12-6-11(30(27,28)29)7-13(15(12)23)22(25)26;1-9-14(16(24)21(20-9)11-5-3-2-4-6-11)19-18-12-7-10(17)8-13(15(12)23)22(25)26;/h2-7H,1H3,(H3,18,19,20,23,24,27,28,29);2-8H,1H3,(H2,18,19,20,23,24);/q;;+3/p-5. The molecule has 21 nitrogen and oxygen atoms in total. The molecule has 291 valence electrons. The Kier molecular flexibility index (Phi) is 13.3. The van der Waals surface area contributed by atoms with Crippen LogP contribution < -0.4 is 31.5 Å². The maximum absolute atomic E-state index is 12.6. The summed E-state index contributed by atoms with van der Waals surface area (Å²) in [5.74, 6) is -2.22. The van der Waals surface area contributed by atoms with Crippen LogP contribution in [0.3, 0.4) is 0 Å². The van der Waals surface area contributed by atoms with Crippen molar-refractivity contribution in [1.82, 2.24) is 19.6 Å². The number of nitrogens with zero attached hydrogens (tertiary/aromatic N) is 10. The van der Waals surface area contributed by atoms with E-state index >= 15 is 0 Å². The molecule has 4 aromatic carbocycles. The topological polar surface area (TPSA) is 311 Å². The molecule has 0 unspecified atom stereocenters. The van der Waals surface area contributed by atoms with Crippen molar-refractivity contribution in [2.75, 3.05) is 0 Å². The number of rotatable bonds is 9. The molecule has 25 heteroatoms. The van der Waals surface area contributed by atoms with Gasteiger partial charge >= 0.3 is 17.4 Å². The fourth-order valence-corrected chi connectivity index (χ4v) is 5.57. The third-order valence-corrected chi connectivity index (χ3v) is 8.53. The van der Waals surface area contributed by atoms with Gasteiger partial charge in [-0.3, -0.25) is 29.8 Å². The number of azo groups is 2. The summed E-state index contributed by atoms with van der Waals surface area (Å²) in [5, 5.41) is 69.0. The zero-order valence-electron chi connectivity index (χ0n) is 28.5. The molecule has 0 amide bonds. The van der Waals surface area contributed by atoms with Crippen LogP contribution in [0.5, 0.6) is 11.5 Å².